The van der Waals surface area contributed by atoms with Gasteiger partial charge in [-0.2, -0.15) is 0 Å². The summed E-state index contributed by atoms with van der Waals surface area (Å²) < 4.78 is 0. The summed E-state index contributed by atoms with van der Waals surface area (Å²) in [6.07, 6.45) is 3.15. The van der Waals surface area contributed by atoms with Crippen molar-refractivity contribution < 1.29 is 9.59 Å². The Kier molecular flexibility index (Phi) is 6.22. The number of hydrogen-bond acceptors (Lipinski definition) is 3. The number of hydrogen-bond donors (Lipinski definition) is 1. The van der Waals surface area contributed by atoms with Gasteiger partial charge in [0.25, 0.3) is 11.8 Å². The zero-order valence-corrected chi connectivity index (χ0v) is 18.8. The van der Waals surface area contributed by atoms with E-state index in [-0.39, 0.29) is 11.8 Å². The molecule has 2 aliphatic heterocycles. The third-order valence-corrected chi connectivity index (χ3v) is 6.63. The van der Waals surface area contributed by atoms with Crippen LogP contribution in [-0.2, 0) is 19.5 Å². The van der Waals surface area contributed by atoms with Crippen molar-refractivity contribution in [2.45, 2.75) is 32.4 Å². The minimum atomic E-state index is -0.199. The number of nitrogens with zero attached hydrogens (tertiary/aromatic N) is 2. The van der Waals surface area contributed by atoms with E-state index in [4.69, 9.17) is 0 Å². The number of anilines is 1. The predicted molar refractivity (Wildman–Crippen MR) is 130 cm³/mol. The fraction of sp³-hybridized carbons (Fsp3) is 0.286. The average molecular weight is 440 g/mol. The van der Waals surface area contributed by atoms with Gasteiger partial charge in [0, 0.05) is 38.3 Å². The molecule has 168 valence electrons. The SMILES string of the molecule is O=C(Nc1ccccc1C(=O)N1CCCC1)c1ccc(CN2CCc3ccccc3C2)cc1. The van der Waals surface area contributed by atoms with Crippen LogP contribution in [0.25, 0.3) is 0 Å². The number of nitrogens with one attached hydrogen (secondary N) is 1. The number of benzene rings is 3. The Morgan fingerprint density at radius 3 is 2.27 bits per heavy atom. The van der Waals surface area contributed by atoms with Gasteiger partial charge in [-0.3, -0.25) is 14.5 Å². The molecule has 3 aromatic carbocycles. The third kappa shape index (κ3) is 4.83. The maximum atomic E-state index is 12.9. The van der Waals surface area contributed by atoms with E-state index >= 15 is 0 Å². The molecule has 0 radical (unpaired) electrons. The zero-order valence-electron chi connectivity index (χ0n) is 18.8. The van der Waals surface area contributed by atoms with Crippen molar-refractivity contribution in [3.05, 3.63) is 101 Å². The van der Waals surface area contributed by atoms with E-state index in [1.807, 2.05) is 41.3 Å². The van der Waals surface area contributed by atoms with E-state index in [0.29, 0.717) is 16.8 Å². The largest absolute Gasteiger partial charge is 0.339 e. The molecule has 5 heteroatoms. The highest BCUT2D eigenvalue weighted by molar-refractivity contribution is 6.09. The van der Waals surface area contributed by atoms with E-state index in [0.717, 1.165) is 52.0 Å². The first kappa shape index (κ1) is 21.4. The van der Waals surface area contributed by atoms with Crippen molar-refractivity contribution in [3.8, 4) is 0 Å². The Bertz CT molecular complexity index is 1150. The van der Waals surface area contributed by atoms with Gasteiger partial charge in [0.05, 0.1) is 11.3 Å². The van der Waals surface area contributed by atoms with Crippen LogP contribution in [0.2, 0.25) is 0 Å². The summed E-state index contributed by atoms with van der Waals surface area (Å²) in [6.45, 7) is 4.43. The van der Waals surface area contributed by atoms with Crippen LogP contribution >= 0.6 is 0 Å². The maximum absolute atomic E-state index is 12.9. The molecule has 1 fully saturated rings. The lowest BCUT2D eigenvalue weighted by molar-refractivity contribution is 0.0794. The lowest BCUT2D eigenvalue weighted by Crippen LogP contribution is -2.30. The van der Waals surface area contributed by atoms with E-state index in [9.17, 15) is 9.59 Å². The molecule has 3 aromatic rings. The van der Waals surface area contributed by atoms with Crippen molar-refractivity contribution in [3.63, 3.8) is 0 Å². The highest BCUT2D eigenvalue weighted by atomic mass is 16.2. The molecular formula is C28H29N3O2. The molecule has 2 aliphatic rings. The summed E-state index contributed by atoms with van der Waals surface area (Å²) in [5.41, 5.74) is 5.75. The summed E-state index contributed by atoms with van der Waals surface area (Å²) in [7, 11) is 0. The molecule has 0 saturated carbocycles. The zero-order chi connectivity index (χ0) is 22.6. The minimum absolute atomic E-state index is 0.0122. The topological polar surface area (TPSA) is 52.7 Å². The molecule has 33 heavy (non-hydrogen) atoms. The standard InChI is InChI=1S/C28H29N3O2/c32-27(29-26-10-4-3-9-25(26)28(33)31-16-5-6-17-31)23-13-11-21(12-14-23)19-30-18-15-22-7-1-2-8-24(22)20-30/h1-4,7-14H,5-6,15-20H2,(H,29,32). The Morgan fingerprint density at radius 2 is 1.48 bits per heavy atom. The van der Waals surface area contributed by atoms with Gasteiger partial charge in [0.1, 0.15) is 0 Å². The summed E-state index contributed by atoms with van der Waals surface area (Å²) in [4.78, 5) is 30.1. The van der Waals surface area contributed by atoms with Gasteiger partial charge in [-0.1, -0.05) is 48.5 Å². The number of fused-ring (bicyclic) bond motifs is 1. The van der Waals surface area contributed by atoms with Crippen molar-refractivity contribution in [1.82, 2.24) is 9.80 Å². The Hall–Kier alpha value is -3.44. The van der Waals surface area contributed by atoms with Crippen LogP contribution in [0.4, 0.5) is 5.69 Å². The number of carbonyl (C=O) groups is 2. The summed E-state index contributed by atoms with van der Waals surface area (Å²) >= 11 is 0. The van der Waals surface area contributed by atoms with Gasteiger partial charge >= 0.3 is 0 Å². The number of carbonyl (C=O) groups excluding carboxylic acids is 2. The van der Waals surface area contributed by atoms with Gasteiger partial charge in [-0.15, -0.1) is 0 Å². The van der Waals surface area contributed by atoms with E-state index in [2.05, 4.69) is 34.5 Å². The van der Waals surface area contributed by atoms with Gasteiger partial charge in [0.15, 0.2) is 0 Å². The third-order valence-electron chi connectivity index (χ3n) is 6.63. The second-order valence-corrected chi connectivity index (χ2v) is 8.93. The quantitative estimate of drug-likeness (QED) is 0.625. The molecule has 0 aromatic heterocycles. The van der Waals surface area contributed by atoms with Crippen LogP contribution in [0.3, 0.4) is 0 Å². The van der Waals surface area contributed by atoms with Crippen LogP contribution in [0.1, 0.15) is 50.2 Å². The molecule has 0 aliphatic carbocycles. The molecule has 0 spiro atoms. The fourth-order valence-electron chi connectivity index (χ4n) is 4.77. The summed E-state index contributed by atoms with van der Waals surface area (Å²) in [5.74, 6) is -0.211. The number of likely N-dealkylation sites (tertiary alicyclic amines) is 1. The number of amides is 2. The Balaban J connectivity index is 1.23. The van der Waals surface area contributed by atoms with Crippen LogP contribution in [0.5, 0.6) is 0 Å². The molecule has 2 heterocycles. The molecule has 1 saturated heterocycles. The Labute approximate surface area is 195 Å². The molecular weight excluding hydrogens is 410 g/mol. The van der Waals surface area contributed by atoms with Crippen LogP contribution < -0.4 is 5.32 Å². The lowest BCUT2D eigenvalue weighted by Gasteiger charge is -2.28. The molecule has 5 rings (SSSR count). The van der Waals surface area contributed by atoms with E-state index in [1.54, 1.807) is 12.1 Å². The van der Waals surface area contributed by atoms with Crippen LogP contribution in [-0.4, -0.2) is 41.2 Å². The van der Waals surface area contributed by atoms with Gasteiger partial charge in [-0.05, 0) is 60.2 Å². The molecule has 1 N–H and O–H groups in total. The smallest absolute Gasteiger partial charge is 0.255 e. The van der Waals surface area contributed by atoms with E-state index < -0.39 is 0 Å². The second-order valence-electron chi connectivity index (χ2n) is 8.93. The first-order chi connectivity index (χ1) is 16.2. The lowest BCUT2D eigenvalue weighted by atomic mass is 9.99. The van der Waals surface area contributed by atoms with E-state index in [1.165, 1.54) is 16.7 Å². The second kappa shape index (κ2) is 9.59. The number of para-hydroxylation sites is 1. The van der Waals surface area contributed by atoms with Crippen molar-refractivity contribution in [2.24, 2.45) is 0 Å². The summed E-state index contributed by atoms with van der Waals surface area (Å²) in [5, 5.41) is 2.95. The van der Waals surface area contributed by atoms with Crippen molar-refractivity contribution in [2.75, 3.05) is 25.0 Å². The maximum Gasteiger partial charge on any atom is 0.255 e. The average Bonchev–Trinajstić information content (AvgIpc) is 3.39. The fourth-order valence-corrected chi connectivity index (χ4v) is 4.77. The first-order valence-corrected chi connectivity index (χ1v) is 11.7. The normalized spacial score (nSPS) is 15.8. The minimum Gasteiger partial charge on any atom is -0.339 e. The molecule has 0 atom stereocenters. The highest BCUT2D eigenvalue weighted by Gasteiger charge is 2.22. The van der Waals surface area contributed by atoms with Gasteiger partial charge < -0.3 is 10.2 Å². The van der Waals surface area contributed by atoms with Gasteiger partial charge in [-0.25, -0.2) is 0 Å². The Morgan fingerprint density at radius 1 is 0.788 bits per heavy atom. The van der Waals surface area contributed by atoms with Crippen molar-refractivity contribution in [1.29, 1.82) is 0 Å². The number of rotatable bonds is 5. The first-order valence-electron chi connectivity index (χ1n) is 11.7. The summed E-state index contributed by atoms with van der Waals surface area (Å²) in [6, 6.07) is 23.7. The predicted octanol–water partition coefficient (Wildman–Crippen LogP) is 4.73. The van der Waals surface area contributed by atoms with Gasteiger partial charge in [0.2, 0.25) is 0 Å². The molecule has 5 nitrogen and oxygen atoms in total. The highest BCUT2D eigenvalue weighted by Crippen LogP contribution is 2.22. The van der Waals surface area contributed by atoms with Crippen LogP contribution in [0, 0.1) is 0 Å². The monoisotopic (exact) mass is 439 g/mol. The molecule has 2 amide bonds. The molecule has 0 unspecified atom stereocenters. The van der Waals surface area contributed by atoms with Crippen molar-refractivity contribution >= 4 is 17.5 Å². The molecule has 0 bridgehead atoms. The van der Waals surface area contributed by atoms with Crippen LogP contribution in [0.15, 0.2) is 72.8 Å².